The van der Waals surface area contributed by atoms with Crippen molar-refractivity contribution in [1.82, 2.24) is 0 Å². The Morgan fingerprint density at radius 3 is 2.00 bits per heavy atom. The predicted molar refractivity (Wildman–Crippen MR) is 94.1 cm³/mol. The van der Waals surface area contributed by atoms with Gasteiger partial charge >= 0.3 is 128 Å². The Morgan fingerprint density at radius 2 is 1.62 bits per heavy atom. The van der Waals surface area contributed by atoms with Crippen LogP contribution < -0.4 is 5.32 Å². The van der Waals surface area contributed by atoms with Crippen LogP contribution >= 0.6 is 7.26 Å². The van der Waals surface area contributed by atoms with Crippen LogP contribution in [0.3, 0.4) is 0 Å². The monoisotopic (exact) mass is 306 g/mol. The molecule has 0 aliphatic heterocycles. The van der Waals surface area contributed by atoms with E-state index in [1.165, 1.54) is 0 Å². The molecule has 0 saturated heterocycles. The number of carbonyl (C=O) groups excluding carboxylic acids is 1. The minimum atomic E-state index is -1.45. The van der Waals surface area contributed by atoms with Gasteiger partial charge in [-0.15, -0.1) is 0 Å². The van der Waals surface area contributed by atoms with Crippen molar-refractivity contribution >= 4 is 18.9 Å². The van der Waals surface area contributed by atoms with Gasteiger partial charge in [0.1, 0.15) is 0 Å². The normalized spacial score (nSPS) is 11.8. The van der Waals surface area contributed by atoms with Gasteiger partial charge in [0, 0.05) is 0 Å². The molecule has 1 aromatic rings. The van der Waals surface area contributed by atoms with Crippen molar-refractivity contribution in [2.75, 3.05) is 30.0 Å². The summed E-state index contributed by atoms with van der Waals surface area (Å²) in [6.07, 6.45) is 4.14. The Hall–Kier alpha value is -1.39. The van der Waals surface area contributed by atoms with Crippen LogP contribution in [0.15, 0.2) is 12.1 Å². The number of nitriles is 1. The van der Waals surface area contributed by atoms with Crippen molar-refractivity contribution in [2.45, 2.75) is 34.6 Å². The number of nitrogens with zero attached hydrogens (tertiary/aromatic N) is 1. The Balaban J connectivity index is 2.92. The molecule has 3 nitrogen and oxygen atoms in total. The van der Waals surface area contributed by atoms with E-state index in [-0.39, 0.29) is 5.91 Å². The predicted octanol–water partition coefficient (Wildman–Crippen LogP) is 3.92. The molecular formula is C17H27N2OP. The van der Waals surface area contributed by atoms with Gasteiger partial charge in [0.2, 0.25) is 0 Å². The second kappa shape index (κ2) is 7.57. The zero-order valence-electron chi connectivity index (χ0n) is 13.8. The first-order valence-corrected chi connectivity index (χ1v) is 10.5. The molecule has 1 amide bonds. The average molecular weight is 306 g/mol. The molecule has 0 atom stereocenters. The summed E-state index contributed by atoms with van der Waals surface area (Å²) in [7, 11) is -1.45. The standard InChI is InChI=1S/C17H27N2OP/c1-6-21(7-2,8-3)12-16(20)19-17-13(4)9-15(11-18)10-14(17)5/h9-10,21H,6-8,12H2,1-5H3,(H,19,20). The molecule has 0 aliphatic carbocycles. The molecule has 0 spiro atoms. The van der Waals surface area contributed by atoms with Gasteiger partial charge in [-0.05, 0) is 0 Å². The van der Waals surface area contributed by atoms with E-state index in [9.17, 15) is 4.79 Å². The molecule has 0 aliphatic rings. The molecule has 1 rings (SSSR count). The molecule has 1 N–H and O–H groups in total. The molecule has 4 heteroatoms. The van der Waals surface area contributed by atoms with Crippen LogP contribution in [0.5, 0.6) is 0 Å². The first-order valence-electron chi connectivity index (χ1n) is 7.72. The summed E-state index contributed by atoms with van der Waals surface area (Å²) in [6, 6.07) is 5.80. The maximum absolute atomic E-state index is 12.4. The summed E-state index contributed by atoms with van der Waals surface area (Å²) in [5, 5.41) is 12.1. The van der Waals surface area contributed by atoms with Crippen LogP contribution in [0, 0.1) is 25.2 Å². The Bertz CT molecular complexity index is 525. The average Bonchev–Trinajstić information content (AvgIpc) is 2.48. The van der Waals surface area contributed by atoms with Crippen molar-refractivity contribution < 1.29 is 4.79 Å². The number of nitrogens with one attached hydrogen (secondary N) is 1. The van der Waals surface area contributed by atoms with E-state index in [1.54, 1.807) is 0 Å². The van der Waals surface area contributed by atoms with Gasteiger partial charge in [-0.3, -0.25) is 0 Å². The molecular weight excluding hydrogens is 279 g/mol. The van der Waals surface area contributed by atoms with Gasteiger partial charge < -0.3 is 0 Å². The van der Waals surface area contributed by atoms with Crippen LogP contribution in [-0.2, 0) is 4.79 Å². The summed E-state index contributed by atoms with van der Waals surface area (Å²) in [5.41, 5.74) is 3.42. The van der Waals surface area contributed by atoms with Gasteiger partial charge in [0.25, 0.3) is 0 Å². The number of benzene rings is 1. The number of hydrogen-bond donors (Lipinski definition) is 1. The van der Waals surface area contributed by atoms with E-state index in [1.807, 2.05) is 26.0 Å². The van der Waals surface area contributed by atoms with Crippen LogP contribution in [0.1, 0.15) is 37.5 Å². The number of hydrogen-bond acceptors (Lipinski definition) is 2. The topological polar surface area (TPSA) is 52.9 Å². The van der Waals surface area contributed by atoms with E-state index < -0.39 is 7.26 Å². The third-order valence-electron chi connectivity index (χ3n) is 4.71. The molecule has 21 heavy (non-hydrogen) atoms. The summed E-state index contributed by atoms with van der Waals surface area (Å²) in [4.78, 5) is 12.4. The number of carbonyl (C=O) groups is 1. The van der Waals surface area contributed by atoms with Gasteiger partial charge in [-0.1, -0.05) is 0 Å². The number of rotatable bonds is 6. The molecule has 0 saturated carbocycles. The minimum absolute atomic E-state index is 0.128. The number of anilines is 1. The molecule has 0 unspecified atom stereocenters. The molecule has 0 radical (unpaired) electrons. The van der Waals surface area contributed by atoms with Gasteiger partial charge in [-0.25, -0.2) is 0 Å². The third kappa shape index (κ3) is 4.29. The zero-order chi connectivity index (χ0) is 16.0. The van der Waals surface area contributed by atoms with Crippen molar-refractivity contribution in [3.05, 3.63) is 28.8 Å². The fourth-order valence-electron chi connectivity index (χ4n) is 2.87. The van der Waals surface area contributed by atoms with Crippen molar-refractivity contribution in [1.29, 1.82) is 5.26 Å². The van der Waals surface area contributed by atoms with E-state index in [0.717, 1.165) is 35.3 Å². The fourth-order valence-corrected chi connectivity index (χ4v) is 5.89. The fraction of sp³-hybridized carbons (Fsp3) is 0.529. The number of amides is 1. The van der Waals surface area contributed by atoms with Crippen LogP contribution in [0.25, 0.3) is 0 Å². The summed E-state index contributed by atoms with van der Waals surface area (Å²) in [6.45, 7) is 10.5. The van der Waals surface area contributed by atoms with E-state index >= 15 is 0 Å². The molecule has 0 aromatic heterocycles. The molecule has 0 heterocycles. The summed E-state index contributed by atoms with van der Waals surface area (Å²) >= 11 is 0. The van der Waals surface area contributed by atoms with E-state index in [2.05, 4.69) is 32.2 Å². The van der Waals surface area contributed by atoms with Gasteiger partial charge in [-0.2, -0.15) is 0 Å². The summed E-state index contributed by atoms with van der Waals surface area (Å²) < 4.78 is 0. The second-order valence-corrected chi connectivity index (χ2v) is 11.4. The quantitative estimate of drug-likeness (QED) is 0.810. The van der Waals surface area contributed by atoms with Crippen LogP contribution in [-0.4, -0.2) is 30.6 Å². The van der Waals surface area contributed by atoms with Gasteiger partial charge in [0.15, 0.2) is 0 Å². The van der Waals surface area contributed by atoms with Crippen LogP contribution in [0.4, 0.5) is 5.69 Å². The van der Waals surface area contributed by atoms with E-state index in [0.29, 0.717) is 11.7 Å². The van der Waals surface area contributed by atoms with Gasteiger partial charge in [0.05, 0.1) is 0 Å². The van der Waals surface area contributed by atoms with Crippen LogP contribution in [0.2, 0.25) is 0 Å². The van der Waals surface area contributed by atoms with E-state index in [4.69, 9.17) is 5.26 Å². The molecule has 1 aromatic carbocycles. The van der Waals surface area contributed by atoms with Crippen molar-refractivity contribution in [3.63, 3.8) is 0 Å². The third-order valence-corrected chi connectivity index (χ3v) is 10.3. The maximum atomic E-state index is 12.4. The Labute approximate surface area is 129 Å². The molecule has 0 fully saturated rings. The number of aryl methyl sites for hydroxylation is 2. The summed E-state index contributed by atoms with van der Waals surface area (Å²) in [5.74, 6) is 0.128. The van der Waals surface area contributed by atoms with Crippen molar-refractivity contribution in [3.8, 4) is 6.07 Å². The first kappa shape index (κ1) is 17.7. The Morgan fingerprint density at radius 1 is 1.14 bits per heavy atom. The Kier molecular flexibility index (Phi) is 6.37. The molecule has 0 bridgehead atoms. The van der Waals surface area contributed by atoms with Crippen molar-refractivity contribution in [2.24, 2.45) is 0 Å². The second-order valence-electron chi connectivity index (χ2n) is 5.88. The molecule has 116 valence electrons. The zero-order valence-corrected chi connectivity index (χ0v) is 14.8. The SMILES string of the molecule is CC[PH](CC)(CC)CC(=O)Nc1c(C)cc(C#N)cc1C. The first-order chi connectivity index (χ1) is 9.91.